The van der Waals surface area contributed by atoms with E-state index < -0.39 is 0 Å². The van der Waals surface area contributed by atoms with E-state index in [1.54, 1.807) is 0 Å². The molecule has 0 saturated carbocycles. The van der Waals surface area contributed by atoms with Crippen LogP contribution in [0.2, 0.25) is 0 Å². The molecule has 0 radical (unpaired) electrons. The minimum Gasteiger partial charge on any atom is -0.396 e. The monoisotopic (exact) mass is 672 g/mol. The van der Waals surface area contributed by atoms with Crippen molar-refractivity contribution in [2.45, 2.75) is 201 Å². The fourth-order valence-electron chi connectivity index (χ4n) is 6.48. The number of hydrogen-bond acceptors (Lipinski definition) is 4. The summed E-state index contributed by atoms with van der Waals surface area (Å²) in [4.78, 5) is 2.64. The van der Waals surface area contributed by atoms with Gasteiger partial charge in [-0.25, -0.2) is 0 Å². The quantitative estimate of drug-likeness (QED) is 0.0657. The van der Waals surface area contributed by atoms with Crippen LogP contribution in [-0.2, 0) is 0 Å². The number of aliphatic hydroxyl groups is 1. The number of hydrogen-bond donors (Lipinski definition) is 1. The fourth-order valence-corrected chi connectivity index (χ4v) is 9.10. The topological polar surface area (TPSA) is 23.5 Å². The van der Waals surface area contributed by atoms with Gasteiger partial charge in [0.2, 0.25) is 0 Å². The molecular formula is C41H85NOS2. The Morgan fingerprint density at radius 1 is 0.422 bits per heavy atom. The molecule has 0 spiro atoms. The molecule has 2 atom stereocenters. The number of thioether (sulfide) groups is 2. The van der Waals surface area contributed by atoms with Crippen LogP contribution in [-0.4, -0.2) is 59.3 Å². The summed E-state index contributed by atoms with van der Waals surface area (Å²) in [5, 5.41) is 9.35. The molecule has 1 N–H and O–H groups in total. The van der Waals surface area contributed by atoms with Crippen LogP contribution in [0.15, 0.2) is 0 Å². The highest BCUT2D eigenvalue weighted by Gasteiger charge is 2.07. The summed E-state index contributed by atoms with van der Waals surface area (Å²) < 4.78 is 0. The standard InChI is InChI=1S/C41H85NOS2/c1-5-9-30-40(7-3)38-44-36-27-23-19-15-11-13-17-21-25-32-42(34-29-35-43)33-26-22-18-14-12-16-20-24-28-37-45-39-41(8-4)31-10-6-2/h40-41,43H,5-39H2,1-4H3. The lowest BCUT2D eigenvalue weighted by molar-refractivity contribution is 0.217. The van der Waals surface area contributed by atoms with Crippen LogP contribution in [0.1, 0.15) is 201 Å². The molecule has 0 fully saturated rings. The van der Waals surface area contributed by atoms with E-state index >= 15 is 0 Å². The second-order valence-electron chi connectivity index (χ2n) is 14.3. The first kappa shape index (κ1) is 45.6. The van der Waals surface area contributed by atoms with Crippen LogP contribution in [0, 0.1) is 11.8 Å². The van der Waals surface area contributed by atoms with Crippen molar-refractivity contribution in [2.24, 2.45) is 11.8 Å². The minimum atomic E-state index is 0.338. The molecule has 0 heterocycles. The van der Waals surface area contributed by atoms with Crippen molar-refractivity contribution in [3.63, 3.8) is 0 Å². The zero-order valence-corrected chi connectivity index (χ0v) is 33.2. The van der Waals surface area contributed by atoms with Crippen LogP contribution < -0.4 is 0 Å². The number of unbranched alkanes of at least 4 members (excludes halogenated alkanes) is 18. The van der Waals surface area contributed by atoms with E-state index in [9.17, 15) is 5.11 Å². The highest BCUT2D eigenvalue weighted by molar-refractivity contribution is 7.99. The maximum atomic E-state index is 9.35. The Morgan fingerprint density at radius 2 is 0.756 bits per heavy atom. The van der Waals surface area contributed by atoms with Crippen molar-refractivity contribution < 1.29 is 5.11 Å². The van der Waals surface area contributed by atoms with E-state index in [2.05, 4.69) is 56.1 Å². The molecule has 272 valence electrons. The first-order valence-electron chi connectivity index (χ1n) is 20.7. The molecule has 0 rings (SSSR count). The third-order valence-corrected chi connectivity index (χ3v) is 12.5. The van der Waals surface area contributed by atoms with Gasteiger partial charge in [-0.05, 0) is 92.9 Å². The summed E-state index contributed by atoms with van der Waals surface area (Å²) in [6.07, 6.45) is 37.6. The second-order valence-corrected chi connectivity index (χ2v) is 16.6. The number of aliphatic hydroxyl groups excluding tert-OH is 1. The first-order valence-corrected chi connectivity index (χ1v) is 23.0. The van der Waals surface area contributed by atoms with E-state index in [1.165, 1.54) is 203 Å². The van der Waals surface area contributed by atoms with Gasteiger partial charge in [0.1, 0.15) is 0 Å². The average molecular weight is 672 g/mol. The summed E-state index contributed by atoms with van der Waals surface area (Å²) in [5.41, 5.74) is 0. The molecule has 0 aliphatic heterocycles. The maximum Gasteiger partial charge on any atom is 0.0443 e. The van der Waals surface area contributed by atoms with Crippen molar-refractivity contribution in [3.05, 3.63) is 0 Å². The van der Waals surface area contributed by atoms with E-state index in [1.807, 2.05) is 0 Å². The molecule has 0 amide bonds. The molecule has 0 aromatic carbocycles. The van der Waals surface area contributed by atoms with Gasteiger partial charge in [-0.1, -0.05) is 156 Å². The molecule has 0 aliphatic rings. The molecule has 0 aliphatic carbocycles. The molecule has 0 aromatic rings. The van der Waals surface area contributed by atoms with Gasteiger partial charge in [-0.3, -0.25) is 0 Å². The Balaban J connectivity index is 3.56. The van der Waals surface area contributed by atoms with E-state index in [-0.39, 0.29) is 0 Å². The summed E-state index contributed by atoms with van der Waals surface area (Å²) >= 11 is 4.43. The molecule has 2 nitrogen and oxygen atoms in total. The molecule has 0 aromatic heterocycles. The third-order valence-electron chi connectivity index (χ3n) is 9.95. The van der Waals surface area contributed by atoms with E-state index in [4.69, 9.17) is 0 Å². The average Bonchev–Trinajstić information content (AvgIpc) is 3.06. The predicted molar refractivity (Wildman–Crippen MR) is 213 cm³/mol. The van der Waals surface area contributed by atoms with Crippen molar-refractivity contribution in [1.82, 2.24) is 4.90 Å². The lowest BCUT2D eigenvalue weighted by atomic mass is 10.0. The molecule has 0 bridgehead atoms. The molecule has 2 unspecified atom stereocenters. The molecular weight excluding hydrogens is 587 g/mol. The smallest absolute Gasteiger partial charge is 0.0443 e. The third kappa shape index (κ3) is 34.3. The SMILES string of the molecule is CCCCC(CC)CSCCCCCCCCCCCN(CCCO)CCCCCCCCCCCSCC(CC)CCCC. The second kappa shape index (κ2) is 39.1. The van der Waals surface area contributed by atoms with Crippen molar-refractivity contribution in [1.29, 1.82) is 0 Å². The van der Waals surface area contributed by atoms with Crippen molar-refractivity contribution >= 4 is 23.5 Å². The Labute approximate surface area is 294 Å². The Morgan fingerprint density at radius 3 is 1.09 bits per heavy atom. The lowest BCUT2D eigenvalue weighted by Crippen LogP contribution is -2.27. The van der Waals surface area contributed by atoms with Crippen LogP contribution in [0.25, 0.3) is 0 Å². The molecule has 0 saturated heterocycles. The minimum absolute atomic E-state index is 0.338. The Kier molecular flexibility index (Phi) is 39.6. The van der Waals surface area contributed by atoms with Crippen LogP contribution >= 0.6 is 23.5 Å². The Bertz CT molecular complexity index is 492. The highest BCUT2D eigenvalue weighted by atomic mass is 32.2. The maximum absolute atomic E-state index is 9.35. The molecule has 4 heteroatoms. The van der Waals surface area contributed by atoms with E-state index in [0.717, 1.165) is 24.8 Å². The van der Waals surface area contributed by atoms with Crippen LogP contribution in [0.3, 0.4) is 0 Å². The van der Waals surface area contributed by atoms with Crippen molar-refractivity contribution in [3.8, 4) is 0 Å². The summed E-state index contributed by atoms with van der Waals surface area (Å²) in [6.45, 7) is 13.3. The first-order chi connectivity index (χ1) is 22.2. The predicted octanol–water partition coefficient (Wildman–Crippen LogP) is 13.6. The van der Waals surface area contributed by atoms with Gasteiger partial charge in [0.15, 0.2) is 0 Å². The molecule has 45 heavy (non-hydrogen) atoms. The zero-order valence-electron chi connectivity index (χ0n) is 31.6. The van der Waals surface area contributed by atoms with Gasteiger partial charge < -0.3 is 10.0 Å². The van der Waals surface area contributed by atoms with Crippen LogP contribution in [0.5, 0.6) is 0 Å². The Hall–Kier alpha value is 0.620. The van der Waals surface area contributed by atoms with Gasteiger partial charge in [0.25, 0.3) is 0 Å². The lowest BCUT2D eigenvalue weighted by Gasteiger charge is -2.22. The van der Waals surface area contributed by atoms with Gasteiger partial charge in [0.05, 0.1) is 0 Å². The number of nitrogens with zero attached hydrogens (tertiary/aromatic N) is 1. The van der Waals surface area contributed by atoms with Gasteiger partial charge >= 0.3 is 0 Å². The van der Waals surface area contributed by atoms with Gasteiger partial charge in [0, 0.05) is 13.2 Å². The summed E-state index contributed by atoms with van der Waals surface area (Å²) in [5.74, 6) is 7.48. The number of rotatable bonds is 39. The van der Waals surface area contributed by atoms with Crippen molar-refractivity contribution in [2.75, 3.05) is 49.3 Å². The van der Waals surface area contributed by atoms with Gasteiger partial charge in [-0.15, -0.1) is 0 Å². The fraction of sp³-hybridized carbons (Fsp3) is 1.00. The highest BCUT2D eigenvalue weighted by Crippen LogP contribution is 2.21. The van der Waals surface area contributed by atoms with E-state index in [0.29, 0.717) is 6.61 Å². The van der Waals surface area contributed by atoms with Crippen LogP contribution in [0.4, 0.5) is 0 Å². The van der Waals surface area contributed by atoms with Gasteiger partial charge in [-0.2, -0.15) is 23.5 Å². The summed E-state index contributed by atoms with van der Waals surface area (Å²) in [7, 11) is 0. The zero-order chi connectivity index (χ0) is 32.9. The summed E-state index contributed by atoms with van der Waals surface area (Å²) in [6, 6.07) is 0. The largest absolute Gasteiger partial charge is 0.396 e. The normalized spacial score (nSPS) is 13.2.